The van der Waals surface area contributed by atoms with Crippen LogP contribution in [0.5, 0.6) is 23.0 Å². The summed E-state index contributed by atoms with van der Waals surface area (Å²) in [6, 6.07) is 18.8. The lowest BCUT2D eigenvalue weighted by Crippen LogP contribution is -2.04. The molecule has 0 fully saturated rings. The summed E-state index contributed by atoms with van der Waals surface area (Å²) in [7, 11) is 3.08. The quantitative estimate of drug-likeness (QED) is 0.246. The molecule has 0 aliphatic carbocycles. The molecule has 5 aromatic rings. The number of anilines is 2. The van der Waals surface area contributed by atoms with Gasteiger partial charge in [-0.3, -0.25) is 5.10 Å². The van der Waals surface area contributed by atoms with Crippen molar-refractivity contribution in [2.24, 2.45) is 0 Å². The van der Waals surface area contributed by atoms with Gasteiger partial charge >= 0.3 is 6.18 Å². The molecule has 0 unspecified atom stereocenters. The van der Waals surface area contributed by atoms with Crippen molar-refractivity contribution in [1.29, 1.82) is 5.26 Å². The van der Waals surface area contributed by atoms with Gasteiger partial charge in [-0.2, -0.15) is 18.4 Å². The summed E-state index contributed by atoms with van der Waals surface area (Å²) in [5.74, 6) is 1.98. The Labute approximate surface area is 214 Å². The molecule has 0 atom stereocenters. The Kier molecular flexibility index (Phi) is 6.30. The number of rotatable bonds is 7. The molecular formula is C27H20F3N5O3. The number of benzene rings is 3. The maximum absolute atomic E-state index is 13.1. The summed E-state index contributed by atoms with van der Waals surface area (Å²) in [6.45, 7) is 0. The molecule has 2 N–H and O–H groups in total. The average molecular weight is 519 g/mol. The highest BCUT2D eigenvalue weighted by Gasteiger charge is 2.30. The van der Waals surface area contributed by atoms with Crippen LogP contribution in [-0.2, 0) is 6.18 Å². The van der Waals surface area contributed by atoms with Crippen LogP contribution in [0.25, 0.3) is 16.9 Å². The van der Waals surface area contributed by atoms with Crippen LogP contribution in [0.15, 0.2) is 72.9 Å². The van der Waals surface area contributed by atoms with Gasteiger partial charge in [-0.1, -0.05) is 18.2 Å². The summed E-state index contributed by atoms with van der Waals surface area (Å²) in [5, 5.41) is 15.9. The minimum absolute atomic E-state index is 0.0435. The normalized spacial score (nSPS) is 11.3. The lowest BCUT2D eigenvalue weighted by Gasteiger charge is -2.14. The Morgan fingerprint density at radius 2 is 1.71 bits per heavy atom. The molecule has 0 amide bonds. The molecule has 2 heterocycles. The first-order valence-corrected chi connectivity index (χ1v) is 11.2. The fraction of sp³-hybridized carbons (Fsp3) is 0.111. The molecule has 0 saturated heterocycles. The van der Waals surface area contributed by atoms with E-state index in [0.717, 1.165) is 12.1 Å². The van der Waals surface area contributed by atoms with Crippen molar-refractivity contribution in [3.8, 4) is 40.3 Å². The van der Waals surface area contributed by atoms with Crippen molar-refractivity contribution in [2.75, 3.05) is 19.5 Å². The van der Waals surface area contributed by atoms with E-state index in [-0.39, 0.29) is 5.75 Å². The first-order chi connectivity index (χ1) is 18.3. The van der Waals surface area contributed by atoms with Crippen molar-refractivity contribution in [1.82, 2.24) is 14.6 Å². The Hall–Kier alpha value is -5.11. The van der Waals surface area contributed by atoms with Gasteiger partial charge in [0.25, 0.3) is 0 Å². The molecular weight excluding hydrogens is 499 g/mol. The second-order valence-corrected chi connectivity index (χ2v) is 8.11. The number of hydrogen-bond acceptors (Lipinski definition) is 6. The van der Waals surface area contributed by atoms with Crippen molar-refractivity contribution >= 4 is 17.2 Å². The molecule has 5 rings (SSSR count). The smallest absolute Gasteiger partial charge is 0.416 e. The average Bonchev–Trinajstić information content (AvgIpc) is 3.48. The first kappa shape index (κ1) is 24.6. The summed E-state index contributed by atoms with van der Waals surface area (Å²) >= 11 is 0. The van der Waals surface area contributed by atoms with E-state index >= 15 is 0 Å². The number of ether oxygens (including phenoxy) is 3. The molecule has 8 nitrogen and oxygen atoms in total. The summed E-state index contributed by atoms with van der Waals surface area (Å²) in [5.41, 5.74) is 1.60. The van der Waals surface area contributed by atoms with E-state index in [1.807, 2.05) is 0 Å². The third-order valence-electron chi connectivity index (χ3n) is 5.74. The van der Waals surface area contributed by atoms with E-state index in [1.165, 1.54) is 25.4 Å². The number of methoxy groups -OCH3 is 2. The number of aromatic amines is 1. The standard InChI is InChI=1S/C27H20F3N5O3/c1-36-19-9-10-22(23(13-19)37-2)33-26-24(34-25-17(14-31)15-32-35(25)26)16-5-3-7-20(11-16)38-21-8-4-6-18(12-21)27(28,29)30/h3-13,15,32-33H,1-2H3. The van der Waals surface area contributed by atoms with Gasteiger partial charge in [0.2, 0.25) is 0 Å². The predicted octanol–water partition coefficient (Wildman–Crippen LogP) is 6.77. The minimum Gasteiger partial charge on any atom is -0.497 e. The number of alkyl halides is 3. The predicted molar refractivity (Wildman–Crippen MR) is 134 cm³/mol. The zero-order valence-electron chi connectivity index (χ0n) is 20.1. The second-order valence-electron chi connectivity index (χ2n) is 8.11. The van der Waals surface area contributed by atoms with E-state index in [2.05, 4.69) is 21.5 Å². The van der Waals surface area contributed by atoms with E-state index in [0.29, 0.717) is 51.2 Å². The lowest BCUT2D eigenvalue weighted by molar-refractivity contribution is -0.137. The van der Waals surface area contributed by atoms with E-state index in [1.54, 1.807) is 54.1 Å². The van der Waals surface area contributed by atoms with Gasteiger partial charge in [0.15, 0.2) is 11.5 Å². The number of nitriles is 1. The van der Waals surface area contributed by atoms with Gasteiger partial charge < -0.3 is 19.5 Å². The van der Waals surface area contributed by atoms with Crippen LogP contribution in [0.4, 0.5) is 24.7 Å². The molecule has 0 bridgehead atoms. The van der Waals surface area contributed by atoms with Crippen LogP contribution >= 0.6 is 0 Å². The number of hydrogen-bond donors (Lipinski definition) is 2. The van der Waals surface area contributed by atoms with Crippen LogP contribution < -0.4 is 19.5 Å². The minimum atomic E-state index is -4.49. The molecule has 38 heavy (non-hydrogen) atoms. The number of halogens is 3. The second kappa shape index (κ2) is 9.74. The van der Waals surface area contributed by atoms with Gasteiger partial charge in [-0.15, -0.1) is 0 Å². The molecule has 3 aromatic carbocycles. The van der Waals surface area contributed by atoms with Crippen LogP contribution in [0, 0.1) is 11.3 Å². The van der Waals surface area contributed by atoms with Crippen LogP contribution in [0.2, 0.25) is 0 Å². The number of imidazole rings is 1. The van der Waals surface area contributed by atoms with Gasteiger partial charge in [0, 0.05) is 17.8 Å². The zero-order valence-corrected chi connectivity index (χ0v) is 20.1. The van der Waals surface area contributed by atoms with E-state index in [4.69, 9.17) is 14.2 Å². The third-order valence-corrected chi connectivity index (χ3v) is 5.74. The third kappa shape index (κ3) is 4.67. The molecule has 11 heteroatoms. The lowest BCUT2D eigenvalue weighted by atomic mass is 10.1. The van der Waals surface area contributed by atoms with Crippen molar-refractivity contribution in [3.05, 3.63) is 84.1 Å². The van der Waals surface area contributed by atoms with E-state index < -0.39 is 11.7 Å². The zero-order chi connectivity index (χ0) is 26.9. The van der Waals surface area contributed by atoms with Crippen molar-refractivity contribution in [2.45, 2.75) is 6.18 Å². The number of fused-ring (bicyclic) bond motifs is 1. The van der Waals surface area contributed by atoms with Crippen LogP contribution in [-0.4, -0.2) is 28.8 Å². The van der Waals surface area contributed by atoms with Gasteiger partial charge in [-0.05, 0) is 42.5 Å². The molecule has 0 saturated carbocycles. The number of nitrogens with zero attached hydrogens (tertiary/aromatic N) is 3. The van der Waals surface area contributed by atoms with Crippen LogP contribution in [0.1, 0.15) is 11.1 Å². The summed E-state index contributed by atoms with van der Waals surface area (Å²) < 4.78 is 57.5. The Balaban J connectivity index is 1.56. The maximum Gasteiger partial charge on any atom is 0.416 e. The fourth-order valence-corrected chi connectivity index (χ4v) is 3.93. The number of nitrogens with one attached hydrogen (secondary N) is 2. The van der Waals surface area contributed by atoms with Crippen LogP contribution in [0.3, 0.4) is 0 Å². The number of H-pyrrole nitrogens is 1. The molecule has 0 aliphatic rings. The molecule has 2 aromatic heterocycles. The first-order valence-electron chi connectivity index (χ1n) is 11.2. The van der Waals surface area contributed by atoms with Gasteiger partial charge in [-0.25, -0.2) is 9.50 Å². The van der Waals surface area contributed by atoms with Gasteiger partial charge in [0.1, 0.15) is 40.3 Å². The van der Waals surface area contributed by atoms with Gasteiger partial charge in [0.05, 0.1) is 25.5 Å². The highest BCUT2D eigenvalue weighted by molar-refractivity contribution is 5.82. The van der Waals surface area contributed by atoms with Crippen molar-refractivity contribution in [3.63, 3.8) is 0 Å². The highest BCUT2D eigenvalue weighted by Crippen LogP contribution is 2.38. The molecule has 0 spiro atoms. The maximum atomic E-state index is 13.1. The topological polar surface area (TPSA) is 96.6 Å². The highest BCUT2D eigenvalue weighted by atomic mass is 19.4. The fourth-order valence-electron chi connectivity index (χ4n) is 3.93. The van der Waals surface area contributed by atoms with E-state index in [9.17, 15) is 18.4 Å². The number of aromatic nitrogens is 3. The molecule has 0 radical (unpaired) electrons. The summed E-state index contributed by atoms with van der Waals surface area (Å²) in [6.07, 6.45) is -2.95. The monoisotopic (exact) mass is 519 g/mol. The largest absolute Gasteiger partial charge is 0.497 e. The molecule has 0 aliphatic heterocycles. The Morgan fingerprint density at radius 1 is 0.947 bits per heavy atom. The summed E-state index contributed by atoms with van der Waals surface area (Å²) in [4.78, 5) is 4.67. The Bertz CT molecular complexity index is 1670. The SMILES string of the molecule is COc1ccc(Nc2c(-c3cccc(Oc4cccc(C(F)(F)F)c4)c3)nc3c(C#N)c[nH]n23)c(OC)c1. The Morgan fingerprint density at radius 3 is 2.42 bits per heavy atom. The molecule has 192 valence electrons. The van der Waals surface area contributed by atoms with Crippen molar-refractivity contribution < 1.29 is 27.4 Å².